The van der Waals surface area contributed by atoms with Gasteiger partial charge in [-0.3, -0.25) is 10.2 Å². The first-order valence-electron chi connectivity index (χ1n) is 7.82. The van der Waals surface area contributed by atoms with Crippen LogP contribution >= 0.6 is 11.6 Å². The van der Waals surface area contributed by atoms with Gasteiger partial charge < -0.3 is 0 Å². The van der Waals surface area contributed by atoms with Gasteiger partial charge >= 0.3 is 0 Å². The van der Waals surface area contributed by atoms with Crippen molar-refractivity contribution in [3.8, 4) is 0 Å². The normalized spacial score (nSPS) is 40.3. The molecular formula is C17H21ClN2O. The van der Waals surface area contributed by atoms with Gasteiger partial charge in [0.1, 0.15) is 0 Å². The topological polar surface area (TPSA) is 55.1 Å². The number of carbonyl (C=O) groups excluding carboxylic acids is 1. The number of rotatable bonds is 2. The van der Waals surface area contributed by atoms with Gasteiger partial charge in [0.15, 0.2) is 0 Å². The van der Waals surface area contributed by atoms with Crippen LogP contribution in [0.4, 0.5) is 0 Å². The fourth-order valence-corrected chi connectivity index (χ4v) is 5.95. The van der Waals surface area contributed by atoms with E-state index in [1.54, 1.807) is 0 Å². The second-order valence-corrected chi connectivity index (χ2v) is 7.94. The van der Waals surface area contributed by atoms with Gasteiger partial charge in [0, 0.05) is 5.02 Å². The summed E-state index contributed by atoms with van der Waals surface area (Å²) in [4.78, 5) is 12.4. The van der Waals surface area contributed by atoms with Gasteiger partial charge in [-0.2, -0.15) is 0 Å². The quantitative estimate of drug-likeness (QED) is 0.501. The van der Waals surface area contributed by atoms with Crippen LogP contribution in [0, 0.1) is 17.3 Å². The Morgan fingerprint density at radius 1 is 1.14 bits per heavy atom. The van der Waals surface area contributed by atoms with Crippen molar-refractivity contribution in [3.63, 3.8) is 0 Å². The number of hydrogen-bond donors (Lipinski definition) is 2. The molecule has 3 N–H and O–H groups in total. The van der Waals surface area contributed by atoms with Crippen LogP contribution < -0.4 is 11.3 Å². The van der Waals surface area contributed by atoms with E-state index in [2.05, 4.69) is 17.6 Å². The second kappa shape index (κ2) is 4.47. The summed E-state index contributed by atoms with van der Waals surface area (Å²) in [5.41, 5.74) is 3.71. The van der Waals surface area contributed by atoms with Gasteiger partial charge in [0.05, 0.1) is 5.41 Å². The maximum Gasteiger partial charge on any atom is 0.240 e. The van der Waals surface area contributed by atoms with E-state index in [-0.39, 0.29) is 16.7 Å². The van der Waals surface area contributed by atoms with Crippen LogP contribution in [0.5, 0.6) is 0 Å². The number of benzene rings is 1. The summed E-state index contributed by atoms with van der Waals surface area (Å²) in [5, 5.41) is 0.776. The van der Waals surface area contributed by atoms with Crippen molar-refractivity contribution >= 4 is 17.5 Å². The zero-order valence-corrected chi connectivity index (χ0v) is 12.8. The van der Waals surface area contributed by atoms with Crippen LogP contribution in [0.3, 0.4) is 0 Å². The smallest absolute Gasteiger partial charge is 0.240 e. The summed E-state index contributed by atoms with van der Waals surface area (Å²) in [7, 11) is 0. The van der Waals surface area contributed by atoms with Gasteiger partial charge in [-0.1, -0.05) is 23.7 Å². The maximum absolute atomic E-state index is 12.4. The van der Waals surface area contributed by atoms with Crippen molar-refractivity contribution in [2.45, 2.75) is 43.9 Å². The Labute approximate surface area is 130 Å². The maximum atomic E-state index is 12.4. The molecule has 4 aliphatic rings. The van der Waals surface area contributed by atoms with E-state index < -0.39 is 0 Å². The molecular weight excluding hydrogens is 284 g/mol. The molecule has 4 atom stereocenters. The highest BCUT2D eigenvalue weighted by Gasteiger charge is 2.60. The third-order valence-corrected chi connectivity index (χ3v) is 6.38. The summed E-state index contributed by atoms with van der Waals surface area (Å²) < 4.78 is 0. The fourth-order valence-electron chi connectivity index (χ4n) is 5.82. The third kappa shape index (κ3) is 1.94. The SMILES string of the molecule is NNC(=O)C12C[C@H]3C[C@@H](C1)CC(c1ccc(Cl)cc1)(C3)C2. The highest BCUT2D eigenvalue weighted by atomic mass is 35.5. The molecule has 0 heterocycles. The number of hydrazine groups is 1. The van der Waals surface area contributed by atoms with Crippen molar-refractivity contribution in [1.29, 1.82) is 0 Å². The van der Waals surface area contributed by atoms with Crippen LogP contribution in [0.25, 0.3) is 0 Å². The first-order valence-corrected chi connectivity index (χ1v) is 8.20. The Bertz CT molecular complexity index is 569. The molecule has 4 bridgehead atoms. The van der Waals surface area contributed by atoms with Crippen LogP contribution in [0.2, 0.25) is 5.02 Å². The Balaban J connectivity index is 1.76. The second-order valence-electron chi connectivity index (χ2n) is 7.50. The lowest BCUT2D eigenvalue weighted by Gasteiger charge is -2.61. The van der Waals surface area contributed by atoms with Crippen molar-refractivity contribution < 1.29 is 4.79 Å². The molecule has 4 heteroatoms. The largest absolute Gasteiger partial charge is 0.294 e. The molecule has 0 spiro atoms. The molecule has 0 aromatic heterocycles. The molecule has 0 radical (unpaired) electrons. The molecule has 0 aliphatic heterocycles. The first kappa shape index (κ1) is 13.6. The van der Waals surface area contributed by atoms with Gasteiger partial charge in [-0.15, -0.1) is 0 Å². The van der Waals surface area contributed by atoms with E-state index in [0.29, 0.717) is 11.8 Å². The van der Waals surface area contributed by atoms with Gasteiger partial charge in [0.2, 0.25) is 5.91 Å². The van der Waals surface area contributed by atoms with Crippen molar-refractivity contribution in [2.24, 2.45) is 23.1 Å². The molecule has 112 valence electrons. The molecule has 3 nitrogen and oxygen atoms in total. The predicted octanol–water partition coefficient (Wildman–Crippen LogP) is 3.17. The Kier molecular flexibility index (Phi) is 2.89. The zero-order chi connectivity index (χ0) is 14.7. The summed E-state index contributed by atoms with van der Waals surface area (Å²) in [6, 6.07) is 8.27. The average Bonchev–Trinajstić information content (AvgIpc) is 2.45. The summed E-state index contributed by atoms with van der Waals surface area (Å²) in [6.07, 6.45) is 6.69. The highest BCUT2D eigenvalue weighted by molar-refractivity contribution is 6.30. The summed E-state index contributed by atoms with van der Waals surface area (Å²) >= 11 is 6.04. The Morgan fingerprint density at radius 3 is 2.33 bits per heavy atom. The fraction of sp³-hybridized carbons (Fsp3) is 0.588. The van der Waals surface area contributed by atoms with E-state index in [9.17, 15) is 4.79 Å². The van der Waals surface area contributed by atoms with Crippen LogP contribution in [0.1, 0.15) is 44.1 Å². The number of carbonyl (C=O) groups is 1. The first-order chi connectivity index (χ1) is 10.1. The number of hydrogen-bond acceptors (Lipinski definition) is 2. The van der Waals surface area contributed by atoms with E-state index >= 15 is 0 Å². The minimum atomic E-state index is -0.238. The van der Waals surface area contributed by atoms with Crippen molar-refractivity contribution in [3.05, 3.63) is 34.9 Å². The molecule has 5 rings (SSSR count). The number of nitrogens with one attached hydrogen (secondary N) is 1. The number of amides is 1. The van der Waals surface area contributed by atoms with Crippen LogP contribution in [0.15, 0.2) is 24.3 Å². The van der Waals surface area contributed by atoms with Crippen molar-refractivity contribution in [1.82, 2.24) is 5.43 Å². The average molecular weight is 305 g/mol. The lowest BCUT2D eigenvalue weighted by molar-refractivity contribution is -0.149. The molecule has 4 fully saturated rings. The molecule has 1 aromatic carbocycles. The van der Waals surface area contributed by atoms with Gasteiger partial charge in [-0.05, 0) is 73.5 Å². The standard InChI is InChI=1S/C17H21ClN2O/c18-14-3-1-13(2-4-14)16-6-11-5-12(7-16)9-17(8-11,10-16)15(21)20-19/h1-4,11-12H,5-10,19H2,(H,20,21)/t11-,12+,16?,17?. The predicted molar refractivity (Wildman–Crippen MR) is 82.6 cm³/mol. The zero-order valence-electron chi connectivity index (χ0n) is 12.1. The lowest BCUT2D eigenvalue weighted by atomic mass is 9.42. The molecule has 21 heavy (non-hydrogen) atoms. The molecule has 0 saturated heterocycles. The van der Waals surface area contributed by atoms with Gasteiger partial charge in [0.25, 0.3) is 0 Å². The summed E-state index contributed by atoms with van der Waals surface area (Å²) in [6.45, 7) is 0. The molecule has 2 unspecified atom stereocenters. The minimum absolute atomic E-state index is 0.0509. The highest BCUT2D eigenvalue weighted by Crippen LogP contribution is 2.65. The Morgan fingerprint density at radius 2 is 1.76 bits per heavy atom. The van der Waals surface area contributed by atoms with Crippen LogP contribution in [-0.4, -0.2) is 5.91 Å². The Hall–Kier alpha value is -1.06. The van der Waals surface area contributed by atoms with Crippen molar-refractivity contribution in [2.75, 3.05) is 0 Å². The summed E-state index contributed by atoms with van der Waals surface area (Å²) in [5.74, 6) is 6.86. The monoisotopic (exact) mass is 304 g/mol. The number of nitrogens with two attached hydrogens (primary N) is 1. The minimum Gasteiger partial charge on any atom is -0.294 e. The molecule has 1 amide bonds. The number of halogens is 1. The van der Waals surface area contributed by atoms with Gasteiger partial charge in [-0.25, -0.2) is 5.84 Å². The van der Waals surface area contributed by atoms with E-state index in [0.717, 1.165) is 24.3 Å². The lowest BCUT2D eigenvalue weighted by Crippen LogP contribution is -2.59. The molecule has 1 aromatic rings. The van der Waals surface area contributed by atoms with E-state index in [1.165, 1.54) is 24.8 Å². The third-order valence-electron chi connectivity index (χ3n) is 6.13. The van der Waals surface area contributed by atoms with Crippen LogP contribution in [-0.2, 0) is 10.2 Å². The molecule has 4 aliphatic carbocycles. The van der Waals surface area contributed by atoms with E-state index in [4.69, 9.17) is 17.4 Å². The molecule has 4 saturated carbocycles. The van der Waals surface area contributed by atoms with E-state index in [1.807, 2.05) is 12.1 Å².